The van der Waals surface area contributed by atoms with Gasteiger partial charge in [0.2, 0.25) is 0 Å². The first-order chi connectivity index (χ1) is 19.2. The van der Waals surface area contributed by atoms with E-state index in [4.69, 9.17) is 32.7 Å². The van der Waals surface area contributed by atoms with Crippen LogP contribution in [0.2, 0.25) is 10.0 Å². The minimum atomic E-state index is -0.401. The molecule has 0 radical (unpaired) electrons. The van der Waals surface area contributed by atoms with Gasteiger partial charge in [0.05, 0.1) is 18.6 Å². The summed E-state index contributed by atoms with van der Waals surface area (Å²) in [6.07, 6.45) is 8.85. The van der Waals surface area contributed by atoms with Crippen molar-refractivity contribution in [2.75, 3.05) is 13.7 Å². The smallest absolute Gasteiger partial charge is 0.293 e. The number of amides is 3. The van der Waals surface area contributed by atoms with Gasteiger partial charge >= 0.3 is 0 Å². The number of hydrogen-bond donors (Lipinski definition) is 1. The molecule has 3 amide bonds. The lowest BCUT2D eigenvalue weighted by molar-refractivity contribution is -0.129. The highest BCUT2D eigenvalue weighted by molar-refractivity contribution is 8.18. The molecule has 10 heteroatoms. The lowest BCUT2D eigenvalue weighted by atomic mass is 9.53. The van der Waals surface area contributed by atoms with Gasteiger partial charge < -0.3 is 14.8 Å². The number of halogens is 2. The molecule has 4 aliphatic carbocycles. The van der Waals surface area contributed by atoms with E-state index < -0.39 is 5.91 Å². The van der Waals surface area contributed by atoms with E-state index in [2.05, 4.69) is 5.32 Å². The van der Waals surface area contributed by atoms with Crippen LogP contribution >= 0.6 is 35.0 Å². The van der Waals surface area contributed by atoms with E-state index in [1.807, 2.05) is 0 Å². The standard InChI is InChI=1S/C30H30Cl2N2O5S/c1-38-25-9-17(10-26-28(36)34(29(37)40-26)15-21-3-4-22(31)11-23(21)32)2-5-24(25)39-16-27(35)33-30-12-18-6-19(13-30)8-20(7-18)14-30/h2-5,9-11,18-20H,6-8,12-16H2,1H3,(H,33,35)/b26-10-. The van der Waals surface area contributed by atoms with Crippen molar-refractivity contribution in [3.8, 4) is 11.5 Å². The zero-order chi connectivity index (χ0) is 28.0. The topological polar surface area (TPSA) is 84.9 Å². The second-order valence-electron chi connectivity index (χ2n) is 11.4. The highest BCUT2D eigenvalue weighted by Crippen LogP contribution is 2.55. The van der Waals surface area contributed by atoms with Crippen molar-refractivity contribution in [3.63, 3.8) is 0 Å². The number of hydrogen-bond acceptors (Lipinski definition) is 6. The normalized spacial score (nSPS) is 27.9. The van der Waals surface area contributed by atoms with Gasteiger partial charge in [0, 0.05) is 15.6 Å². The average Bonchev–Trinajstić information content (AvgIpc) is 3.15. The van der Waals surface area contributed by atoms with Crippen LogP contribution in [0.3, 0.4) is 0 Å². The number of imide groups is 1. The first-order valence-corrected chi connectivity index (χ1v) is 15.1. The van der Waals surface area contributed by atoms with Crippen molar-refractivity contribution < 1.29 is 23.9 Å². The molecular weight excluding hydrogens is 571 g/mol. The van der Waals surface area contributed by atoms with E-state index >= 15 is 0 Å². The SMILES string of the molecule is COc1cc(/C=C2\SC(=O)N(Cc3ccc(Cl)cc3Cl)C2=O)ccc1OCC(=O)NC12CC3CC(CC(C3)C1)C2. The van der Waals surface area contributed by atoms with Crippen molar-refractivity contribution >= 4 is 58.1 Å². The molecule has 4 saturated carbocycles. The number of nitrogens with one attached hydrogen (secondary N) is 1. The second kappa shape index (κ2) is 11.0. The number of thioether (sulfide) groups is 1. The van der Waals surface area contributed by atoms with E-state index in [0.29, 0.717) is 37.6 Å². The van der Waals surface area contributed by atoms with Crippen LogP contribution in [0.5, 0.6) is 11.5 Å². The third kappa shape index (κ3) is 5.58. The van der Waals surface area contributed by atoms with Crippen LogP contribution < -0.4 is 14.8 Å². The molecule has 4 bridgehead atoms. The van der Waals surface area contributed by atoms with Crippen LogP contribution in [0.25, 0.3) is 6.08 Å². The molecule has 1 saturated heterocycles. The van der Waals surface area contributed by atoms with Gasteiger partial charge in [-0.3, -0.25) is 19.3 Å². The molecule has 0 spiro atoms. The van der Waals surface area contributed by atoms with Crippen LogP contribution in [0, 0.1) is 17.8 Å². The zero-order valence-electron chi connectivity index (χ0n) is 22.1. The summed E-state index contributed by atoms with van der Waals surface area (Å²) < 4.78 is 11.4. The molecule has 1 aliphatic heterocycles. The van der Waals surface area contributed by atoms with Gasteiger partial charge in [-0.15, -0.1) is 0 Å². The fourth-order valence-electron chi connectivity index (χ4n) is 7.24. The summed E-state index contributed by atoms with van der Waals surface area (Å²) in [4.78, 5) is 39.9. The largest absolute Gasteiger partial charge is 0.493 e. The minimum absolute atomic E-state index is 0.0550. The molecular formula is C30H30Cl2N2O5S. The Morgan fingerprint density at radius 1 is 1.05 bits per heavy atom. The average molecular weight is 602 g/mol. The Morgan fingerprint density at radius 2 is 1.75 bits per heavy atom. The quantitative estimate of drug-likeness (QED) is 0.339. The van der Waals surface area contributed by atoms with Crippen LogP contribution in [0.4, 0.5) is 4.79 Å². The number of carbonyl (C=O) groups is 3. The maximum absolute atomic E-state index is 13.0. The summed E-state index contributed by atoms with van der Waals surface area (Å²) >= 11 is 13.1. The highest BCUT2D eigenvalue weighted by atomic mass is 35.5. The fraction of sp³-hybridized carbons (Fsp3) is 0.433. The Labute approximate surface area is 247 Å². The summed E-state index contributed by atoms with van der Waals surface area (Å²) in [6, 6.07) is 10.1. The van der Waals surface area contributed by atoms with E-state index in [1.54, 1.807) is 42.5 Å². The maximum atomic E-state index is 13.0. The summed E-state index contributed by atoms with van der Waals surface area (Å²) in [5.41, 5.74) is 1.23. The molecule has 210 valence electrons. The predicted octanol–water partition coefficient (Wildman–Crippen LogP) is 6.70. The molecule has 0 aromatic heterocycles. The monoisotopic (exact) mass is 600 g/mol. The molecule has 7 nitrogen and oxygen atoms in total. The van der Waals surface area contributed by atoms with E-state index in [-0.39, 0.29) is 29.8 Å². The van der Waals surface area contributed by atoms with Gasteiger partial charge in [0.1, 0.15) is 0 Å². The van der Waals surface area contributed by atoms with Gasteiger partial charge in [0.15, 0.2) is 18.1 Å². The van der Waals surface area contributed by atoms with Gasteiger partial charge in [-0.05, 0) is 110 Å². The Morgan fingerprint density at radius 3 is 2.40 bits per heavy atom. The number of rotatable bonds is 8. The summed E-state index contributed by atoms with van der Waals surface area (Å²) in [6.45, 7) is -0.0387. The van der Waals surface area contributed by atoms with Crippen molar-refractivity contribution in [1.82, 2.24) is 10.2 Å². The van der Waals surface area contributed by atoms with Gasteiger partial charge in [0.25, 0.3) is 17.1 Å². The third-order valence-electron chi connectivity index (χ3n) is 8.50. The van der Waals surface area contributed by atoms with Gasteiger partial charge in [-0.1, -0.05) is 35.3 Å². The highest BCUT2D eigenvalue weighted by Gasteiger charge is 2.51. The Balaban J connectivity index is 1.09. The summed E-state index contributed by atoms with van der Waals surface area (Å²) in [5, 5.41) is 3.82. The lowest BCUT2D eigenvalue weighted by Crippen LogP contribution is -2.60. The summed E-state index contributed by atoms with van der Waals surface area (Å²) in [7, 11) is 1.52. The molecule has 40 heavy (non-hydrogen) atoms. The molecule has 7 rings (SSSR count). The Hall–Kier alpha value is -2.68. The fourth-order valence-corrected chi connectivity index (χ4v) is 8.55. The maximum Gasteiger partial charge on any atom is 0.293 e. The molecule has 2 aromatic carbocycles. The van der Waals surface area contributed by atoms with Crippen LogP contribution in [-0.4, -0.2) is 41.2 Å². The third-order valence-corrected chi connectivity index (χ3v) is 10.00. The Bertz CT molecular complexity index is 1380. The first-order valence-electron chi connectivity index (χ1n) is 13.5. The zero-order valence-corrected chi connectivity index (χ0v) is 24.4. The summed E-state index contributed by atoms with van der Waals surface area (Å²) in [5.74, 6) is 2.60. The van der Waals surface area contributed by atoms with Crippen molar-refractivity contribution in [2.45, 2.75) is 50.6 Å². The lowest BCUT2D eigenvalue weighted by Gasteiger charge is -2.56. The molecule has 0 atom stereocenters. The van der Waals surface area contributed by atoms with Gasteiger partial charge in [-0.2, -0.15) is 0 Å². The van der Waals surface area contributed by atoms with Crippen molar-refractivity contribution in [3.05, 3.63) is 62.5 Å². The van der Waals surface area contributed by atoms with E-state index in [0.717, 1.165) is 53.7 Å². The molecule has 5 fully saturated rings. The van der Waals surface area contributed by atoms with Crippen molar-refractivity contribution in [2.24, 2.45) is 17.8 Å². The predicted molar refractivity (Wildman–Crippen MR) is 156 cm³/mol. The number of ether oxygens (including phenoxy) is 2. The second-order valence-corrected chi connectivity index (χ2v) is 13.3. The molecule has 1 N–H and O–H groups in total. The first kappa shape index (κ1) is 27.5. The molecule has 0 unspecified atom stereocenters. The number of benzene rings is 2. The van der Waals surface area contributed by atoms with Crippen LogP contribution in [-0.2, 0) is 16.1 Å². The number of nitrogens with zero attached hydrogens (tertiary/aromatic N) is 1. The molecule has 2 aromatic rings. The van der Waals surface area contributed by atoms with Crippen LogP contribution in [0.15, 0.2) is 41.3 Å². The van der Waals surface area contributed by atoms with E-state index in [1.165, 1.54) is 26.4 Å². The molecule has 5 aliphatic rings. The van der Waals surface area contributed by atoms with Crippen molar-refractivity contribution in [1.29, 1.82) is 0 Å². The van der Waals surface area contributed by atoms with Gasteiger partial charge in [-0.25, -0.2) is 0 Å². The molecule has 1 heterocycles. The minimum Gasteiger partial charge on any atom is -0.493 e. The van der Waals surface area contributed by atoms with E-state index in [9.17, 15) is 14.4 Å². The Kier molecular flexibility index (Phi) is 7.53. The number of methoxy groups -OCH3 is 1. The van der Waals surface area contributed by atoms with Crippen LogP contribution in [0.1, 0.15) is 49.7 Å². The number of carbonyl (C=O) groups excluding carboxylic acids is 3.